The van der Waals surface area contributed by atoms with Crippen molar-refractivity contribution < 1.29 is 22.7 Å². The Kier molecular flexibility index (Phi) is 8.76. The second-order valence-corrected chi connectivity index (χ2v) is 8.45. The number of thiophene rings is 1. The van der Waals surface area contributed by atoms with E-state index in [1.807, 2.05) is 6.92 Å². The lowest BCUT2D eigenvalue weighted by molar-refractivity contribution is -0.146. The zero-order chi connectivity index (χ0) is 17.5. The monoisotopic (exact) mass is 404 g/mol. The smallest absolute Gasteiger partial charge is 0.324 e. The summed E-state index contributed by atoms with van der Waals surface area (Å²) in [5.74, 6) is -0.720. The molecule has 0 aromatic carbocycles. The van der Waals surface area contributed by atoms with Gasteiger partial charge in [-0.1, -0.05) is 30.1 Å². The van der Waals surface area contributed by atoms with E-state index in [1.165, 1.54) is 6.07 Å². The van der Waals surface area contributed by atoms with Crippen LogP contribution in [0.5, 0.6) is 0 Å². The predicted molar refractivity (Wildman–Crippen MR) is 89.6 cm³/mol. The quantitative estimate of drug-likeness (QED) is 0.453. The van der Waals surface area contributed by atoms with E-state index in [4.69, 9.17) is 38.4 Å². The molecule has 0 spiro atoms. The molecule has 11 heteroatoms. The highest BCUT2D eigenvalue weighted by atomic mass is 35.5. The summed E-state index contributed by atoms with van der Waals surface area (Å²) in [5.41, 5.74) is 5.59. The van der Waals surface area contributed by atoms with Crippen molar-refractivity contribution in [2.75, 3.05) is 26.4 Å². The fourth-order valence-corrected chi connectivity index (χ4v) is 4.63. The first-order valence-electron chi connectivity index (χ1n) is 6.72. The van der Waals surface area contributed by atoms with Gasteiger partial charge >= 0.3 is 5.97 Å². The SMILES string of the molecule is CCCOCCOC(=O)C(N)CNS(=O)(=O)c1cc(Cl)sc1Cl. The fourth-order valence-electron chi connectivity index (χ4n) is 1.42. The summed E-state index contributed by atoms with van der Waals surface area (Å²) in [6, 6.07) is 0.0926. The molecule has 1 aromatic heterocycles. The number of sulfonamides is 1. The minimum Gasteiger partial charge on any atom is -0.462 e. The third-order valence-electron chi connectivity index (χ3n) is 2.53. The van der Waals surface area contributed by atoms with Crippen molar-refractivity contribution in [3.05, 3.63) is 14.7 Å². The summed E-state index contributed by atoms with van der Waals surface area (Å²) in [4.78, 5) is 11.5. The van der Waals surface area contributed by atoms with E-state index in [0.29, 0.717) is 6.61 Å². The molecule has 1 heterocycles. The van der Waals surface area contributed by atoms with Crippen molar-refractivity contribution in [2.24, 2.45) is 5.73 Å². The molecule has 132 valence electrons. The molecule has 0 aliphatic heterocycles. The van der Waals surface area contributed by atoms with Crippen LogP contribution >= 0.6 is 34.5 Å². The Bertz CT molecular complexity index is 621. The summed E-state index contributed by atoms with van der Waals surface area (Å²) in [7, 11) is -3.90. The Morgan fingerprint density at radius 3 is 2.65 bits per heavy atom. The molecular weight excluding hydrogens is 387 g/mol. The van der Waals surface area contributed by atoms with Crippen molar-refractivity contribution in [2.45, 2.75) is 24.3 Å². The number of ether oxygens (including phenoxy) is 2. The number of nitrogens with two attached hydrogens (primary N) is 1. The highest BCUT2D eigenvalue weighted by Gasteiger charge is 2.23. The van der Waals surface area contributed by atoms with Gasteiger partial charge in [-0.05, 0) is 12.5 Å². The highest BCUT2D eigenvalue weighted by molar-refractivity contribution is 7.89. The van der Waals surface area contributed by atoms with Crippen LogP contribution < -0.4 is 10.5 Å². The minimum atomic E-state index is -3.90. The van der Waals surface area contributed by atoms with Gasteiger partial charge in [0.25, 0.3) is 0 Å². The standard InChI is InChI=1S/C12H18Cl2N2O5S2/c1-2-3-20-4-5-21-12(17)8(15)7-16-23(18,19)9-6-10(13)22-11(9)14/h6,8,16H,2-5,7,15H2,1H3. The average Bonchev–Trinajstić information content (AvgIpc) is 2.84. The van der Waals surface area contributed by atoms with Gasteiger partial charge in [0.05, 0.1) is 10.9 Å². The number of halogens is 2. The maximum absolute atomic E-state index is 12.1. The maximum Gasteiger partial charge on any atom is 0.324 e. The molecule has 0 bridgehead atoms. The third kappa shape index (κ3) is 6.92. The second-order valence-electron chi connectivity index (χ2n) is 4.43. The van der Waals surface area contributed by atoms with Crippen LogP contribution in [0.4, 0.5) is 0 Å². The van der Waals surface area contributed by atoms with Crippen LogP contribution in [0.1, 0.15) is 13.3 Å². The lowest BCUT2D eigenvalue weighted by atomic mass is 10.3. The summed E-state index contributed by atoms with van der Waals surface area (Å²) < 4.78 is 36.6. The normalized spacial score (nSPS) is 13.0. The van der Waals surface area contributed by atoms with Crippen LogP contribution in [0.2, 0.25) is 8.67 Å². The molecule has 0 amide bonds. The van der Waals surface area contributed by atoms with Crippen LogP contribution in [0, 0.1) is 0 Å². The zero-order valence-corrected chi connectivity index (χ0v) is 15.5. The number of hydrogen-bond acceptors (Lipinski definition) is 7. The van der Waals surface area contributed by atoms with E-state index >= 15 is 0 Å². The molecule has 23 heavy (non-hydrogen) atoms. The van der Waals surface area contributed by atoms with E-state index in [1.54, 1.807) is 0 Å². The molecule has 1 aromatic rings. The van der Waals surface area contributed by atoms with Crippen molar-refractivity contribution >= 4 is 50.5 Å². The Balaban J connectivity index is 2.44. The molecule has 1 unspecified atom stereocenters. The van der Waals surface area contributed by atoms with E-state index < -0.39 is 22.0 Å². The second kappa shape index (κ2) is 9.77. The molecule has 1 rings (SSSR count). The summed E-state index contributed by atoms with van der Waals surface area (Å²) in [6.07, 6.45) is 0.865. The molecule has 1 atom stereocenters. The Labute approximate surface area is 149 Å². The van der Waals surface area contributed by atoms with Gasteiger partial charge < -0.3 is 15.2 Å². The van der Waals surface area contributed by atoms with Crippen molar-refractivity contribution in [3.63, 3.8) is 0 Å². The fraction of sp³-hybridized carbons (Fsp3) is 0.583. The van der Waals surface area contributed by atoms with Crippen LogP contribution in [-0.4, -0.2) is 46.8 Å². The maximum atomic E-state index is 12.1. The van der Waals surface area contributed by atoms with Gasteiger partial charge in [0.1, 0.15) is 21.9 Å². The molecule has 0 saturated carbocycles. The Morgan fingerprint density at radius 1 is 1.39 bits per heavy atom. The van der Waals surface area contributed by atoms with Crippen LogP contribution in [-0.2, 0) is 24.3 Å². The van der Waals surface area contributed by atoms with Crippen LogP contribution in [0.15, 0.2) is 11.0 Å². The first-order chi connectivity index (χ1) is 10.8. The van der Waals surface area contributed by atoms with Crippen LogP contribution in [0.3, 0.4) is 0 Å². The first-order valence-corrected chi connectivity index (χ1v) is 9.78. The average molecular weight is 405 g/mol. The number of esters is 1. The molecular formula is C12H18Cl2N2O5S2. The van der Waals surface area contributed by atoms with Gasteiger partial charge in [-0.15, -0.1) is 11.3 Å². The number of rotatable bonds is 10. The van der Waals surface area contributed by atoms with Crippen LogP contribution in [0.25, 0.3) is 0 Å². The van der Waals surface area contributed by atoms with Gasteiger partial charge in [0.15, 0.2) is 0 Å². The number of hydrogen-bond donors (Lipinski definition) is 2. The molecule has 3 N–H and O–H groups in total. The highest BCUT2D eigenvalue weighted by Crippen LogP contribution is 2.33. The molecule has 0 aliphatic rings. The molecule has 0 saturated heterocycles. The summed E-state index contributed by atoms with van der Waals surface area (Å²) >= 11 is 12.4. The lowest BCUT2D eigenvalue weighted by Crippen LogP contribution is -2.43. The molecule has 0 fully saturated rings. The third-order valence-corrected chi connectivity index (χ3v) is 5.71. The minimum absolute atomic E-state index is 0.0340. The first kappa shape index (κ1) is 20.6. The zero-order valence-electron chi connectivity index (χ0n) is 12.4. The van der Waals surface area contributed by atoms with Gasteiger partial charge in [-0.2, -0.15) is 0 Å². The van der Waals surface area contributed by atoms with E-state index in [9.17, 15) is 13.2 Å². The lowest BCUT2D eigenvalue weighted by Gasteiger charge is -2.12. The van der Waals surface area contributed by atoms with E-state index in [-0.39, 0.29) is 33.3 Å². The predicted octanol–water partition coefficient (Wildman–Crippen LogP) is 1.63. The van der Waals surface area contributed by atoms with Crippen molar-refractivity contribution in [3.8, 4) is 0 Å². The van der Waals surface area contributed by atoms with E-state index in [0.717, 1.165) is 17.8 Å². The topological polar surface area (TPSA) is 108 Å². The molecule has 7 nitrogen and oxygen atoms in total. The Morgan fingerprint density at radius 2 is 2.09 bits per heavy atom. The van der Waals surface area contributed by atoms with Gasteiger partial charge in [0.2, 0.25) is 10.0 Å². The summed E-state index contributed by atoms with van der Waals surface area (Å²) in [5, 5.41) is 0. The number of carbonyl (C=O) groups excluding carboxylic acids is 1. The van der Waals surface area contributed by atoms with Gasteiger partial charge in [0, 0.05) is 13.2 Å². The van der Waals surface area contributed by atoms with Crippen molar-refractivity contribution in [1.82, 2.24) is 4.72 Å². The molecule has 0 aliphatic carbocycles. The van der Waals surface area contributed by atoms with E-state index in [2.05, 4.69) is 4.72 Å². The van der Waals surface area contributed by atoms with Crippen molar-refractivity contribution in [1.29, 1.82) is 0 Å². The number of nitrogens with one attached hydrogen (secondary N) is 1. The van der Waals surface area contributed by atoms with Gasteiger partial charge in [-0.3, -0.25) is 4.79 Å². The molecule has 0 radical (unpaired) electrons. The summed E-state index contributed by atoms with van der Waals surface area (Å²) in [6.45, 7) is 2.54. The largest absolute Gasteiger partial charge is 0.462 e. The Hall–Kier alpha value is -0.420. The number of carbonyl (C=O) groups is 1. The van der Waals surface area contributed by atoms with Gasteiger partial charge in [-0.25, -0.2) is 13.1 Å².